The number of thiol groups is 1. The number of alkyl carbamates (subject to hydrolysis) is 1. The summed E-state index contributed by atoms with van der Waals surface area (Å²) in [6.45, 7) is 7.51. The number of hydrogen-bond donors (Lipinski definition) is 4. The number of aromatic hydroxyl groups is 1. The zero-order valence-electron chi connectivity index (χ0n) is 23.5. The fraction of sp³-hybridized carbons (Fsp3) is 0.387. The molecule has 3 aromatic rings. The zero-order valence-corrected chi connectivity index (χ0v) is 24.4. The maximum Gasteiger partial charge on any atom is 0.408 e. The predicted molar refractivity (Wildman–Crippen MR) is 162 cm³/mol. The lowest BCUT2D eigenvalue weighted by molar-refractivity contribution is -0.140. The van der Waals surface area contributed by atoms with Crippen LogP contribution in [0.3, 0.4) is 0 Å². The number of fused-ring (bicyclic) bond motifs is 1. The molecule has 3 aromatic carbocycles. The summed E-state index contributed by atoms with van der Waals surface area (Å²) in [6, 6.07) is 17.6. The molecule has 0 aliphatic heterocycles. The number of phenolic OH excluding ortho intramolecular Hbond substituents is 1. The summed E-state index contributed by atoms with van der Waals surface area (Å²) in [7, 11) is 0. The molecule has 8 nitrogen and oxygen atoms in total. The van der Waals surface area contributed by atoms with Crippen molar-refractivity contribution in [1.29, 1.82) is 0 Å². The average Bonchev–Trinajstić information content (AvgIpc) is 2.90. The smallest absolute Gasteiger partial charge is 0.408 e. The minimum atomic E-state index is -1.08. The number of rotatable bonds is 11. The van der Waals surface area contributed by atoms with E-state index in [-0.39, 0.29) is 18.0 Å². The van der Waals surface area contributed by atoms with Crippen LogP contribution < -0.4 is 10.6 Å². The van der Waals surface area contributed by atoms with Crippen LogP contribution in [0.5, 0.6) is 5.75 Å². The number of phenols is 1. The van der Waals surface area contributed by atoms with E-state index in [0.29, 0.717) is 17.7 Å². The number of carbonyl (C=O) groups is 3. The van der Waals surface area contributed by atoms with Gasteiger partial charge in [0.2, 0.25) is 5.91 Å². The number of hydrogen-bond acceptors (Lipinski definition) is 6. The Hall–Kier alpha value is -3.72. The third kappa shape index (κ3) is 8.64. The van der Waals surface area contributed by atoms with Crippen molar-refractivity contribution >= 4 is 47.0 Å². The monoisotopic (exact) mass is 565 g/mol. The Morgan fingerprint density at radius 1 is 0.975 bits per heavy atom. The molecule has 0 aliphatic carbocycles. The summed E-state index contributed by atoms with van der Waals surface area (Å²) in [5.41, 5.74) is 0.268. The summed E-state index contributed by atoms with van der Waals surface area (Å²) >= 11 is 4.33. The molecule has 0 radical (unpaired) electrons. The Bertz CT molecular complexity index is 1320. The Kier molecular flexibility index (Phi) is 10.8. The molecule has 0 aromatic heterocycles. The predicted octanol–water partition coefficient (Wildman–Crippen LogP) is 6.07. The van der Waals surface area contributed by atoms with Gasteiger partial charge in [0, 0.05) is 18.0 Å². The molecule has 3 N–H and O–H groups in total. The average molecular weight is 566 g/mol. The molecule has 2 atom stereocenters. The van der Waals surface area contributed by atoms with E-state index in [1.165, 1.54) is 17.0 Å². The topological polar surface area (TPSA) is 108 Å². The first-order chi connectivity index (χ1) is 19.0. The number of anilines is 1. The first-order valence-electron chi connectivity index (χ1n) is 13.5. The molecule has 0 aliphatic rings. The quantitative estimate of drug-likeness (QED) is 0.167. The maximum absolute atomic E-state index is 14.0. The Balaban J connectivity index is 1.99. The third-order valence-electron chi connectivity index (χ3n) is 6.22. The molecular weight excluding hydrogens is 526 g/mol. The molecular formula is C31H39N3O5S. The normalized spacial score (nSPS) is 12.8. The summed E-state index contributed by atoms with van der Waals surface area (Å²) < 4.78 is 5.35. The summed E-state index contributed by atoms with van der Waals surface area (Å²) in [4.78, 5) is 41.9. The molecule has 0 bridgehead atoms. The van der Waals surface area contributed by atoms with Gasteiger partial charge in [-0.1, -0.05) is 62.2 Å². The minimum Gasteiger partial charge on any atom is -0.508 e. The second kappa shape index (κ2) is 14.1. The van der Waals surface area contributed by atoms with E-state index in [9.17, 15) is 19.5 Å². The van der Waals surface area contributed by atoms with Gasteiger partial charge in [-0.25, -0.2) is 4.79 Å². The van der Waals surface area contributed by atoms with Crippen LogP contribution in [-0.4, -0.2) is 51.9 Å². The highest BCUT2D eigenvalue weighted by Gasteiger charge is 2.36. The van der Waals surface area contributed by atoms with Crippen molar-refractivity contribution in [3.8, 4) is 5.75 Å². The molecule has 9 heteroatoms. The number of ether oxygens (including phenoxy) is 1. The fourth-order valence-electron chi connectivity index (χ4n) is 4.38. The minimum absolute atomic E-state index is 0.00140. The summed E-state index contributed by atoms with van der Waals surface area (Å²) in [5, 5.41) is 17.8. The molecule has 0 fully saturated rings. The number of nitrogens with zero attached hydrogens (tertiary/aromatic N) is 1. The largest absolute Gasteiger partial charge is 0.508 e. The van der Waals surface area contributed by atoms with Crippen molar-refractivity contribution in [2.75, 3.05) is 17.6 Å². The summed E-state index contributed by atoms with van der Waals surface area (Å²) in [5.74, 6) is -0.944. The highest BCUT2D eigenvalue weighted by atomic mass is 32.1. The zero-order chi connectivity index (χ0) is 29.3. The van der Waals surface area contributed by atoms with Crippen molar-refractivity contribution in [2.24, 2.45) is 0 Å². The second-order valence-electron chi connectivity index (χ2n) is 10.7. The number of carbonyl (C=O) groups excluding carboxylic acids is 3. The van der Waals surface area contributed by atoms with Crippen LogP contribution in [-0.2, 0) is 14.3 Å². The standard InChI is InChI=1S/C31H39N3O5S/c1-5-6-9-17-34(29(37)26(20-40)33-30(38)39-31(2,3)4)27(23-13-10-14-25(35)19-23)28(36)32-24-16-15-21-11-7-8-12-22(21)18-24/h7-8,10-16,18-19,26-27,35,40H,5-6,9,17,20H2,1-4H3,(H,32,36)(H,33,38). The molecule has 0 heterocycles. The first kappa shape index (κ1) is 30.8. The van der Waals surface area contributed by atoms with Gasteiger partial charge in [-0.15, -0.1) is 0 Å². The van der Waals surface area contributed by atoms with Crippen molar-refractivity contribution in [3.05, 3.63) is 72.3 Å². The number of nitrogens with one attached hydrogen (secondary N) is 2. The Morgan fingerprint density at radius 3 is 2.35 bits per heavy atom. The van der Waals surface area contributed by atoms with Crippen LogP contribution in [0.15, 0.2) is 66.7 Å². The molecule has 0 saturated carbocycles. The van der Waals surface area contributed by atoms with E-state index in [1.54, 1.807) is 32.9 Å². The molecule has 2 unspecified atom stereocenters. The molecule has 3 rings (SSSR count). The second-order valence-corrected chi connectivity index (χ2v) is 11.0. The van der Waals surface area contributed by atoms with Gasteiger partial charge in [0.15, 0.2) is 0 Å². The van der Waals surface area contributed by atoms with Crippen molar-refractivity contribution in [1.82, 2.24) is 10.2 Å². The van der Waals surface area contributed by atoms with Crippen LogP contribution in [0.4, 0.5) is 10.5 Å². The van der Waals surface area contributed by atoms with Crippen LogP contribution in [0, 0.1) is 0 Å². The Labute approximate surface area is 241 Å². The highest BCUT2D eigenvalue weighted by Crippen LogP contribution is 2.28. The molecule has 3 amide bonds. The fourth-order valence-corrected chi connectivity index (χ4v) is 4.63. The van der Waals surface area contributed by atoms with Gasteiger partial charge in [0.05, 0.1) is 0 Å². The molecule has 0 saturated heterocycles. The number of amides is 3. The molecule has 40 heavy (non-hydrogen) atoms. The van der Waals surface area contributed by atoms with E-state index in [0.717, 1.165) is 23.6 Å². The van der Waals surface area contributed by atoms with Crippen LogP contribution in [0.1, 0.15) is 58.6 Å². The van der Waals surface area contributed by atoms with E-state index in [2.05, 4.69) is 23.3 Å². The van der Waals surface area contributed by atoms with Crippen LogP contribution in [0.2, 0.25) is 0 Å². The SMILES string of the molecule is CCCCCN(C(=O)C(CS)NC(=O)OC(C)(C)C)C(C(=O)Nc1ccc2ccccc2c1)c1cccc(O)c1. The van der Waals surface area contributed by atoms with Gasteiger partial charge in [-0.3, -0.25) is 9.59 Å². The molecule has 0 spiro atoms. The van der Waals surface area contributed by atoms with Gasteiger partial charge < -0.3 is 25.4 Å². The third-order valence-corrected chi connectivity index (χ3v) is 6.59. The van der Waals surface area contributed by atoms with Gasteiger partial charge in [-0.2, -0.15) is 12.6 Å². The highest BCUT2D eigenvalue weighted by molar-refractivity contribution is 7.80. The molecule has 214 valence electrons. The van der Waals surface area contributed by atoms with Crippen molar-refractivity contribution in [2.45, 2.75) is 64.6 Å². The van der Waals surface area contributed by atoms with Crippen LogP contribution >= 0.6 is 12.6 Å². The lowest BCUT2D eigenvalue weighted by atomic mass is 10.0. The first-order valence-corrected chi connectivity index (χ1v) is 14.1. The van der Waals surface area contributed by atoms with E-state index >= 15 is 0 Å². The van der Waals surface area contributed by atoms with E-state index in [4.69, 9.17) is 4.74 Å². The van der Waals surface area contributed by atoms with Crippen LogP contribution in [0.25, 0.3) is 10.8 Å². The van der Waals surface area contributed by atoms with Gasteiger partial charge in [0.1, 0.15) is 23.4 Å². The number of benzene rings is 3. The lowest BCUT2D eigenvalue weighted by Gasteiger charge is -2.34. The van der Waals surface area contributed by atoms with E-state index in [1.807, 2.05) is 49.4 Å². The lowest BCUT2D eigenvalue weighted by Crippen LogP contribution is -2.53. The van der Waals surface area contributed by atoms with Crippen molar-refractivity contribution < 1.29 is 24.2 Å². The maximum atomic E-state index is 14.0. The van der Waals surface area contributed by atoms with Gasteiger partial charge >= 0.3 is 6.09 Å². The van der Waals surface area contributed by atoms with Gasteiger partial charge in [0.25, 0.3) is 5.91 Å². The Morgan fingerprint density at radius 2 is 1.70 bits per heavy atom. The van der Waals surface area contributed by atoms with Crippen molar-refractivity contribution in [3.63, 3.8) is 0 Å². The summed E-state index contributed by atoms with van der Waals surface area (Å²) in [6.07, 6.45) is 1.65. The van der Waals surface area contributed by atoms with E-state index < -0.39 is 35.6 Å². The number of unbranched alkanes of at least 4 members (excludes halogenated alkanes) is 2. The van der Waals surface area contributed by atoms with Gasteiger partial charge in [-0.05, 0) is 67.8 Å².